The third-order valence-corrected chi connectivity index (χ3v) is 4.17. The van der Waals surface area contributed by atoms with E-state index in [4.69, 9.17) is 0 Å². The van der Waals surface area contributed by atoms with Crippen LogP contribution in [0.1, 0.15) is 0 Å². The van der Waals surface area contributed by atoms with E-state index >= 15 is 0 Å². The van der Waals surface area contributed by atoms with E-state index in [1.165, 1.54) is 17.4 Å². The summed E-state index contributed by atoms with van der Waals surface area (Å²) >= 11 is 1.09. The number of carbonyl (C=O) groups is 1. The fraction of sp³-hybridized carbons (Fsp3) is 0.462. The molecule has 1 heterocycles. The average Bonchev–Trinajstić information content (AvgIpc) is 2.62. The molecule has 1 N–H and O–H groups in total. The van der Waals surface area contributed by atoms with E-state index in [0.29, 0.717) is 4.90 Å². The molecule has 13 heteroatoms. The molecule has 0 saturated carbocycles. The maximum absolute atomic E-state index is 14.0. The van der Waals surface area contributed by atoms with Crippen molar-refractivity contribution in [2.24, 2.45) is 0 Å². The Bertz CT molecular complexity index is 727. The molecule has 146 valence electrons. The molecule has 0 aliphatic carbocycles. The topological polar surface area (TPSA) is 38.3 Å². The minimum Gasteiger partial charge on any atom is -0.321 e. The Balaban J connectivity index is 2.40. The van der Waals surface area contributed by atoms with E-state index in [9.17, 15) is 44.3 Å². The number of alkyl halides is 9. The van der Waals surface area contributed by atoms with Crippen LogP contribution >= 0.6 is 11.8 Å². The van der Waals surface area contributed by atoms with Crippen LogP contribution in [-0.2, 0) is 9.53 Å². The van der Waals surface area contributed by atoms with Crippen molar-refractivity contribution in [3.63, 3.8) is 0 Å². The Morgan fingerprint density at radius 2 is 1.65 bits per heavy atom. The highest BCUT2D eigenvalue weighted by molar-refractivity contribution is 7.98. The van der Waals surface area contributed by atoms with Crippen LogP contribution in [0.5, 0.6) is 0 Å². The second-order valence-electron chi connectivity index (χ2n) is 5.12. The number of carbonyl (C=O) groups excluding carboxylic acids is 1. The monoisotopic (exact) mass is 413 g/mol. The molecule has 0 radical (unpaired) electrons. The maximum Gasteiger partial charge on any atom is 0.428 e. The summed E-state index contributed by atoms with van der Waals surface area (Å²) in [5.74, 6) is -28.6. The quantitative estimate of drug-likeness (QED) is 0.582. The summed E-state index contributed by atoms with van der Waals surface area (Å²) in [6, 6.07) is 4.77. The summed E-state index contributed by atoms with van der Waals surface area (Å²) < 4.78 is 123. The van der Waals surface area contributed by atoms with Gasteiger partial charge in [-0.2, -0.15) is 39.5 Å². The van der Waals surface area contributed by atoms with Crippen molar-refractivity contribution in [1.82, 2.24) is 0 Å². The van der Waals surface area contributed by atoms with Gasteiger partial charge in [-0.05, 0) is 24.5 Å². The first-order valence-electron chi connectivity index (χ1n) is 6.50. The molecule has 1 aliphatic rings. The zero-order valence-corrected chi connectivity index (χ0v) is 13.3. The van der Waals surface area contributed by atoms with E-state index in [2.05, 4.69) is 4.74 Å². The largest absolute Gasteiger partial charge is 0.428 e. The predicted octanol–water partition coefficient (Wildman–Crippen LogP) is 4.54. The van der Waals surface area contributed by atoms with E-state index in [1.54, 1.807) is 6.26 Å². The molecule has 1 unspecified atom stereocenters. The second kappa shape index (κ2) is 5.94. The number of thioether (sulfide) groups is 1. The standard InChI is InChI=1S/C13H8F9NO2S/c1-26-7-4-2-3-6(5-7)23-8(24)9(14,15)12(20)10(16,17)11(18,19)13(21,22)25-12/h2-5H,1H3,(H,23,24). The van der Waals surface area contributed by atoms with Crippen molar-refractivity contribution in [1.29, 1.82) is 0 Å². The van der Waals surface area contributed by atoms with E-state index in [-0.39, 0.29) is 0 Å². The zero-order chi connectivity index (χ0) is 20.2. The van der Waals surface area contributed by atoms with Gasteiger partial charge in [-0.25, -0.2) is 0 Å². The number of nitrogens with one attached hydrogen (secondary N) is 1. The Labute approximate surface area is 143 Å². The van der Waals surface area contributed by atoms with Gasteiger partial charge in [0.1, 0.15) is 0 Å². The van der Waals surface area contributed by atoms with Gasteiger partial charge in [-0.15, -0.1) is 11.8 Å². The molecule has 1 aliphatic heterocycles. The minimum absolute atomic E-state index is 0.404. The van der Waals surface area contributed by atoms with Gasteiger partial charge in [0, 0.05) is 10.6 Å². The van der Waals surface area contributed by atoms with Crippen molar-refractivity contribution in [2.75, 3.05) is 11.6 Å². The van der Waals surface area contributed by atoms with Crippen molar-refractivity contribution in [3.8, 4) is 0 Å². The third-order valence-electron chi connectivity index (χ3n) is 3.45. The van der Waals surface area contributed by atoms with Gasteiger partial charge in [-0.1, -0.05) is 6.07 Å². The van der Waals surface area contributed by atoms with E-state index in [1.807, 2.05) is 0 Å². The fourth-order valence-corrected chi connectivity index (χ4v) is 2.47. The highest BCUT2D eigenvalue weighted by Crippen LogP contribution is 2.64. The first-order chi connectivity index (χ1) is 11.6. The van der Waals surface area contributed by atoms with Crippen LogP contribution in [0.3, 0.4) is 0 Å². The van der Waals surface area contributed by atoms with Gasteiger partial charge in [0.2, 0.25) is 0 Å². The molecule has 1 aromatic carbocycles. The van der Waals surface area contributed by atoms with Crippen molar-refractivity contribution in [3.05, 3.63) is 24.3 Å². The maximum atomic E-state index is 14.0. The number of halogens is 9. The average molecular weight is 413 g/mol. The highest BCUT2D eigenvalue weighted by atomic mass is 32.2. The Kier molecular flexibility index (Phi) is 4.72. The molecule has 1 fully saturated rings. The lowest BCUT2D eigenvalue weighted by Crippen LogP contribution is -2.63. The van der Waals surface area contributed by atoms with Gasteiger partial charge in [0.25, 0.3) is 0 Å². The molecule has 1 amide bonds. The van der Waals surface area contributed by atoms with Crippen LogP contribution in [0.15, 0.2) is 29.2 Å². The summed E-state index contributed by atoms with van der Waals surface area (Å²) in [6.45, 7) is 0. The van der Waals surface area contributed by atoms with Crippen molar-refractivity contribution >= 4 is 23.4 Å². The van der Waals surface area contributed by atoms with Gasteiger partial charge < -0.3 is 5.32 Å². The number of anilines is 1. The van der Waals surface area contributed by atoms with E-state index < -0.39 is 41.3 Å². The molecular formula is C13H8F9NO2S. The second-order valence-corrected chi connectivity index (χ2v) is 6.00. The number of ether oxygens (including phenoxy) is 1. The van der Waals surface area contributed by atoms with Crippen LogP contribution in [0, 0.1) is 0 Å². The lowest BCUT2D eigenvalue weighted by atomic mass is 9.99. The molecule has 1 aromatic rings. The summed E-state index contributed by atoms with van der Waals surface area (Å²) in [7, 11) is 0. The van der Waals surface area contributed by atoms with E-state index in [0.717, 1.165) is 23.9 Å². The lowest BCUT2D eigenvalue weighted by molar-refractivity contribution is -0.366. The van der Waals surface area contributed by atoms with Gasteiger partial charge in [-0.3, -0.25) is 9.53 Å². The Morgan fingerprint density at radius 3 is 2.12 bits per heavy atom. The van der Waals surface area contributed by atoms with Crippen LogP contribution in [0.4, 0.5) is 45.2 Å². The fourth-order valence-electron chi connectivity index (χ4n) is 2.01. The highest BCUT2D eigenvalue weighted by Gasteiger charge is 2.96. The normalized spacial score (nSPS) is 26.5. The Hall–Kier alpha value is -1.63. The van der Waals surface area contributed by atoms with Crippen LogP contribution in [0.25, 0.3) is 0 Å². The first kappa shape index (κ1) is 20.7. The SMILES string of the molecule is CSc1cccc(NC(=O)C(F)(F)C2(F)OC(F)(F)C(F)(F)C2(F)F)c1. The molecule has 3 nitrogen and oxygen atoms in total. The molecular weight excluding hydrogens is 405 g/mol. The van der Waals surface area contributed by atoms with Gasteiger partial charge >= 0.3 is 35.6 Å². The van der Waals surface area contributed by atoms with Crippen LogP contribution < -0.4 is 5.32 Å². The van der Waals surface area contributed by atoms with Crippen molar-refractivity contribution < 1.29 is 49.0 Å². The molecule has 0 bridgehead atoms. The lowest BCUT2D eigenvalue weighted by Gasteiger charge is -2.31. The molecule has 2 rings (SSSR count). The van der Waals surface area contributed by atoms with Crippen molar-refractivity contribution in [2.45, 2.75) is 34.6 Å². The van der Waals surface area contributed by atoms with Gasteiger partial charge in [0.05, 0.1) is 0 Å². The number of amides is 1. The molecule has 1 saturated heterocycles. The summed E-state index contributed by atoms with van der Waals surface area (Å²) in [5.41, 5.74) is -0.440. The first-order valence-corrected chi connectivity index (χ1v) is 7.72. The summed E-state index contributed by atoms with van der Waals surface area (Å²) in [5, 5.41) is 1.31. The summed E-state index contributed by atoms with van der Waals surface area (Å²) in [6.07, 6.45) is -4.71. The number of benzene rings is 1. The summed E-state index contributed by atoms with van der Waals surface area (Å²) in [4.78, 5) is 11.9. The van der Waals surface area contributed by atoms with Gasteiger partial charge in [0.15, 0.2) is 0 Å². The number of hydrogen-bond acceptors (Lipinski definition) is 3. The number of hydrogen-bond donors (Lipinski definition) is 1. The third kappa shape index (κ3) is 2.63. The molecule has 0 aromatic heterocycles. The molecule has 26 heavy (non-hydrogen) atoms. The zero-order valence-electron chi connectivity index (χ0n) is 12.4. The molecule has 0 spiro atoms. The van der Waals surface area contributed by atoms with Crippen LogP contribution in [-0.4, -0.2) is 41.9 Å². The van der Waals surface area contributed by atoms with Crippen LogP contribution in [0.2, 0.25) is 0 Å². The predicted molar refractivity (Wildman–Crippen MR) is 71.6 cm³/mol. The smallest absolute Gasteiger partial charge is 0.321 e. The molecule has 1 atom stereocenters. The minimum atomic E-state index is -6.70. The number of rotatable bonds is 4. The Morgan fingerprint density at radius 1 is 1.08 bits per heavy atom.